The summed E-state index contributed by atoms with van der Waals surface area (Å²) in [6.45, 7) is -0.517. The molecule has 0 spiro atoms. The molecule has 0 bridgehead atoms. The molecule has 1 heterocycles. The van der Waals surface area contributed by atoms with Crippen molar-refractivity contribution in [3.8, 4) is 0 Å². The summed E-state index contributed by atoms with van der Waals surface area (Å²) in [5.74, 6) is -12.3. The smallest absolute Gasteiger partial charge is 0.219 e. The summed E-state index contributed by atoms with van der Waals surface area (Å²) in [5.41, 5.74) is 0. The molecule has 1 atom stereocenters. The van der Waals surface area contributed by atoms with Crippen molar-refractivity contribution in [3.63, 3.8) is 0 Å². The summed E-state index contributed by atoms with van der Waals surface area (Å²) in [7, 11) is -6.62. The molecule has 1 rings (SSSR count). The minimum Gasteiger partial charge on any atom is -0.219 e. The average Bonchev–Trinajstić information content (AvgIpc) is 2.04. The van der Waals surface area contributed by atoms with Gasteiger partial charge in [-0.3, -0.25) is 0 Å². The summed E-state index contributed by atoms with van der Waals surface area (Å²) < 4.78 is 108. The number of hydrogen-bond acceptors (Lipinski definition) is 2. The van der Waals surface area contributed by atoms with Gasteiger partial charge >= 0.3 is 17.1 Å². The minimum absolute atomic E-state index is 0.517. The van der Waals surface area contributed by atoms with E-state index in [0.29, 0.717) is 0 Å². The van der Waals surface area contributed by atoms with Gasteiger partial charge in [-0.05, 0) is 6.92 Å². The lowest BCUT2D eigenvalue weighted by Gasteiger charge is -2.23. The molecule has 1 aliphatic rings. The minimum atomic E-state index is -6.62. The van der Waals surface area contributed by atoms with E-state index >= 15 is 0 Å². The zero-order valence-electron chi connectivity index (χ0n) is 6.87. The Morgan fingerprint density at radius 1 is 0.800 bits per heavy atom. The Morgan fingerprint density at radius 3 is 1.20 bits per heavy atom. The number of alkyl halides is 7. The van der Waals surface area contributed by atoms with Crippen LogP contribution >= 0.6 is 0 Å². The topological polar surface area (TPSA) is 34.1 Å². The van der Waals surface area contributed by atoms with Crippen molar-refractivity contribution < 1.29 is 39.2 Å². The molecule has 0 N–H and O–H groups in total. The first-order valence-electron chi connectivity index (χ1n) is 3.31. The molecule has 0 aromatic rings. The number of halogens is 7. The third kappa shape index (κ3) is 0.894. The number of rotatable bonds is 0. The highest BCUT2D eigenvalue weighted by Crippen LogP contribution is 2.64. The van der Waals surface area contributed by atoms with Crippen LogP contribution in [0.3, 0.4) is 0 Å². The van der Waals surface area contributed by atoms with Crippen LogP contribution in [0.5, 0.6) is 0 Å². The Morgan fingerprint density at radius 2 is 1.13 bits per heavy atom. The molecule has 15 heavy (non-hydrogen) atoms. The van der Waals surface area contributed by atoms with E-state index in [0.717, 1.165) is 0 Å². The Hall–Kier alpha value is -0.540. The van der Waals surface area contributed by atoms with Gasteiger partial charge in [0.2, 0.25) is 0 Å². The van der Waals surface area contributed by atoms with Gasteiger partial charge in [-0.2, -0.15) is 26.3 Å². The van der Waals surface area contributed by atoms with Gasteiger partial charge in [0.1, 0.15) is 0 Å². The van der Waals surface area contributed by atoms with Crippen molar-refractivity contribution in [1.82, 2.24) is 0 Å². The zero-order chi connectivity index (χ0) is 12.5. The van der Waals surface area contributed by atoms with Crippen molar-refractivity contribution >= 4 is 9.84 Å². The van der Waals surface area contributed by atoms with Crippen LogP contribution in [0.25, 0.3) is 0 Å². The Balaban J connectivity index is 3.71. The Kier molecular flexibility index (Phi) is 2.01. The molecule has 0 aromatic heterocycles. The van der Waals surface area contributed by atoms with Gasteiger partial charge in [0.05, 0.1) is 0 Å². The first-order valence-corrected chi connectivity index (χ1v) is 4.80. The third-order valence-corrected chi connectivity index (χ3v) is 4.36. The second-order valence-electron chi connectivity index (χ2n) is 3.09. The van der Waals surface area contributed by atoms with Gasteiger partial charge in [-0.1, -0.05) is 0 Å². The highest BCUT2D eigenvalue weighted by molar-refractivity contribution is 7.94. The lowest BCUT2D eigenvalue weighted by molar-refractivity contribution is -0.283. The van der Waals surface area contributed by atoms with E-state index < -0.39 is 38.9 Å². The molecule has 0 radical (unpaired) electrons. The molecular formula is C5H3F7O2S. The monoisotopic (exact) mass is 260 g/mol. The van der Waals surface area contributed by atoms with Crippen molar-refractivity contribution in [3.05, 3.63) is 0 Å². The van der Waals surface area contributed by atoms with E-state index in [9.17, 15) is 39.2 Å². The van der Waals surface area contributed by atoms with Crippen LogP contribution < -0.4 is 0 Å². The van der Waals surface area contributed by atoms with Crippen molar-refractivity contribution in [1.29, 1.82) is 0 Å². The quantitative estimate of drug-likeness (QED) is 0.624. The zero-order valence-corrected chi connectivity index (χ0v) is 7.69. The van der Waals surface area contributed by atoms with Crippen molar-refractivity contribution in [2.24, 2.45) is 0 Å². The molecule has 1 unspecified atom stereocenters. The summed E-state index contributed by atoms with van der Waals surface area (Å²) in [5, 5.41) is -11.1. The van der Waals surface area contributed by atoms with E-state index in [-0.39, 0.29) is 0 Å². The summed E-state index contributed by atoms with van der Waals surface area (Å²) >= 11 is 0. The molecule has 2 nitrogen and oxygen atoms in total. The lowest BCUT2D eigenvalue weighted by atomic mass is 10.1. The largest absolute Gasteiger partial charge is 0.416 e. The molecule has 1 saturated heterocycles. The maximum absolute atomic E-state index is 12.9. The molecule has 1 aliphatic heterocycles. The van der Waals surface area contributed by atoms with Crippen LogP contribution in [0.4, 0.5) is 30.7 Å². The normalized spacial score (nSPS) is 40.3. The first kappa shape index (κ1) is 12.5. The van der Waals surface area contributed by atoms with Crippen LogP contribution in [-0.4, -0.2) is 30.5 Å². The van der Waals surface area contributed by atoms with Crippen LogP contribution in [-0.2, 0) is 9.84 Å². The van der Waals surface area contributed by atoms with Crippen LogP contribution in [0, 0.1) is 0 Å². The fraction of sp³-hybridized carbons (Fsp3) is 1.00. The second-order valence-corrected chi connectivity index (χ2v) is 5.37. The Bertz CT molecular complexity index is 364. The molecule has 0 aromatic carbocycles. The first-order chi connectivity index (χ1) is 6.25. The van der Waals surface area contributed by atoms with Crippen molar-refractivity contribution in [2.75, 3.05) is 0 Å². The maximum Gasteiger partial charge on any atom is 0.416 e. The van der Waals surface area contributed by atoms with Crippen LogP contribution in [0.15, 0.2) is 0 Å². The van der Waals surface area contributed by atoms with E-state index in [2.05, 4.69) is 0 Å². The van der Waals surface area contributed by atoms with E-state index in [1.54, 1.807) is 0 Å². The van der Waals surface area contributed by atoms with Gasteiger partial charge in [-0.25, -0.2) is 12.8 Å². The van der Waals surface area contributed by atoms with Crippen LogP contribution in [0.2, 0.25) is 0 Å². The van der Waals surface area contributed by atoms with Crippen LogP contribution in [0.1, 0.15) is 6.92 Å². The highest BCUT2D eigenvalue weighted by Gasteiger charge is 2.94. The van der Waals surface area contributed by atoms with Gasteiger partial charge in [0.15, 0.2) is 0 Å². The van der Waals surface area contributed by atoms with Gasteiger partial charge in [0.25, 0.3) is 14.8 Å². The van der Waals surface area contributed by atoms with E-state index in [4.69, 9.17) is 0 Å². The molecule has 1 fully saturated rings. The SMILES string of the molecule is CC1(F)C(F)(F)C(F)(F)C(F)(F)S1(=O)=O. The fourth-order valence-corrected chi connectivity index (χ4v) is 2.45. The molecule has 0 saturated carbocycles. The predicted octanol–water partition coefficient (Wildman–Crippen LogP) is 1.96. The molecule has 0 aliphatic carbocycles. The number of sulfone groups is 1. The molecule has 0 amide bonds. The summed E-state index contributed by atoms with van der Waals surface area (Å²) in [6.07, 6.45) is 0. The van der Waals surface area contributed by atoms with Crippen molar-refractivity contribution in [2.45, 2.75) is 29.0 Å². The summed E-state index contributed by atoms with van der Waals surface area (Å²) in [6, 6.07) is 0. The molecule has 10 heteroatoms. The van der Waals surface area contributed by atoms with E-state index in [1.165, 1.54) is 0 Å². The van der Waals surface area contributed by atoms with Gasteiger partial charge < -0.3 is 0 Å². The van der Waals surface area contributed by atoms with E-state index in [1.807, 2.05) is 0 Å². The molecule has 90 valence electrons. The average molecular weight is 260 g/mol. The Labute approximate surface area is 79.0 Å². The number of hydrogen-bond donors (Lipinski definition) is 0. The highest BCUT2D eigenvalue weighted by atomic mass is 32.2. The lowest BCUT2D eigenvalue weighted by Crippen LogP contribution is -2.51. The fourth-order valence-electron chi connectivity index (χ4n) is 1.04. The maximum atomic E-state index is 12.9. The predicted molar refractivity (Wildman–Crippen MR) is 33.3 cm³/mol. The second kappa shape index (κ2) is 2.41. The standard InChI is InChI=1S/C5H3F7O2S/c1-2(6)3(7,8)4(9,10)5(11,12)15(2,13)14/h1H3. The third-order valence-electron chi connectivity index (χ3n) is 2.16. The summed E-state index contributed by atoms with van der Waals surface area (Å²) in [4.78, 5) is 0. The van der Waals surface area contributed by atoms with Gasteiger partial charge in [-0.15, -0.1) is 0 Å². The van der Waals surface area contributed by atoms with Gasteiger partial charge in [0, 0.05) is 0 Å². The molecular weight excluding hydrogens is 257 g/mol.